The molecule has 1 aliphatic carbocycles. The number of carbonyl (C=O) groups excluding carboxylic acids is 1. The maximum atomic E-state index is 12.5. The van der Waals surface area contributed by atoms with Crippen LogP contribution in [0.25, 0.3) is 0 Å². The van der Waals surface area contributed by atoms with Gasteiger partial charge in [-0.2, -0.15) is 4.98 Å². The maximum absolute atomic E-state index is 12.5. The number of benzene rings is 1. The van der Waals surface area contributed by atoms with Gasteiger partial charge in [-0.3, -0.25) is 9.78 Å². The Morgan fingerprint density at radius 2 is 1.70 bits per heavy atom. The molecule has 0 spiro atoms. The molecule has 1 amide bonds. The van der Waals surface area contributed by atoms with Gasteiger partial charge in [-0.05, 0) is 49.9 Å². The highest BCUT2D eigenvalue weighted by molar-refractivity contribution is 7.89. The van der Waals surface area contributed by atoms with Crippen LogP contribution in [0.5, 0.6) is 11.8 Å². The molecule has 1 heterocycles. The van der Waals surface area contributed by atoms with Crippen LogP contribution < -0.4 is 14.8 Å². The minimum Gasteiger partial charge on any atom is -0.480 e. The monoisotopic (exact) mass is 434 g/mol. The third kappa shape index (κ3) is 5.25. The van der Waals surface area contributed by atoms with Gasteiger partial charge >= 0.3 is 0 Å². The lowest BCUT2D eigenvalue weighted by Crippen LogP contribution is -2.39. The summed E-state index contributed by atoms with van der Waals surface area (Å²) in [5, 5.41) is 3.02. The Labute approximate surface area is 176 Å². The number of nitrogens with zero attached hydrogens (tertiary/aromatic N) is 3. The zero-order valence-electron chi connectivity index (χ0n) is 17.2. The molecule has 162 valence electrons. The summed E-state index contributed by atoms with van der Waals surface area (Å²) in [6, 6.07) is 6.00. The van der Waals surface area contributed by atoms with E-state index in [4.69, 9.17) is 9.47 Å². The van der Waals surface area contributed by atoms with Crippen LogP contribution in [0.15, 0.2) is 41.6 Å². The van der Waals surface area contributed by atoms with Crippen LogP contribution in [0.4, 0.5) is 0 Å². The number of amides is 1. The Balaban J connectivity index is 1.51. The molecule has 10 heteroatoms. The van der Waals surface area contributed by atoms with Gasteiger partial charge in [0.25, 0.3) is 5.91 Å². The SMILES string of the molecule is COc1cncc(OC2CCC(NC(=O)c3ccc(S(=O)(=O)N(C)C)cc3)CC2)n1. The molecular formula is C20H26N4O5S. The molecule has 9 nitrogen and oxygen atoms in total. The summed E-state index contributed by atoms with van der Waals surface area (Å²) in [6.45, 7) is 0. The minimum atomic E-state index is -3.51. The van der Waals surface area contributed by atoms with Crippen LogP contribution in [0.2, 0.25) is 0 Å². The van der Waals surface area contributed by atoms with Crippen molar-refractivity contribution >= 4 is 15.9 Å². The van der Waals surface area contributed by atoms with Gasteiger partial charge in [0, 0.05) is 25.7 Å². The average molecular weight is 435 g/mol. The Hall–Kier alpha value is -2.72. The maximum Gasteiger partial charge on any atom is 0.251 e. The highest BCUT2D eigenvalue weighted by atomic mass is 32.2. The second kappa shape index (κ2) is 9.40. The van der Waals surface area contributed by atoms with Crippen molar-refractivity contribution in [1.82, 2.24) is 19.6 Å². The van der Waals surface area contributed by atoms with Crippen molar-refractivity contribution in [1.29, 1.82) is 0 Å². The van der Waals surface area contributed by atoms with Crippen LogP contribution in [0.3, 0.4) is 0 Å². The standard InChI is InChI=1S/C20H26N4O5S/c1-24(2)30(26,27)17-10-4-14(5-11-17)20(25)22-15-6-8-16(9-7-15)29-19-13-21-12-18(23-19)28-3/h4-5,10-13,15-16H,6-9H2,1-3H3,(H,22,25). The van der Waals surface area contributed by atoms with Crippen LogP contribution in [-0.2, 0) is 10.0 Å². The summed E-state index contributed by atoms with van der Waals surface area (Å²) in [4.78, 5) is 20.9. The van der Waals surface area contributed by atoms with Crippen molar-refractivity contribution in [3.63, 3.8) is 0 Å². The smallest absolute Gasteiger partial charge is 0.251 e. The van der Waals surface area contributed by atoms with Crippen molar-refractivity contribution in [2.75, 3.05) is 21.2 Å². The lowest BCUT2D eigenvalue weighted by atomic mass is 9.92. The number of ether oxygens (including phenoxy) is 2. The van der Waals surface area contributed by atoms with E-state index >= 15 is 0 Å². The molecule has 1 saturated carbocycles. The van der Waals surface area contributed by atoms with E-state index in [2.05, 4.69) is 15.3 Å². The molecule has 2 aromatic rings. The fourth-order valence-electron chi connectivity index (χ4n) is 3.24. The van der Waals surface area contributed by atoms with Crippen LogP contribution in [0, 0.1) is 0 Å². The van der Waals surface area contributed by atoms with Gasteiger partial charge < -0.3 is 14.8 Å². The zero-order chi connectivity index (χ0) is 21.7. The zero-order valence-corrected chi connectivity index (χ0v) is 18.1. The second-order valence-electron chi connectivity index (χ2n) is 7.28. The summed E-state index contributed by atoms with van der Waals surface area (Å²) in [6.07, 6.45) is 6.20. The number of nitrogens with one attached hydrogen (secondary N) is 1. The molecule has 0 bridgehead atoms. The van der Waals surface area contributed by atoms with E-state index in [-0.39, 0.29) is 22.9 Å². The molecule has 1 aromatic carbocycles. The van der Waals surface area contributed by atoms with Gasteiger partial charge in [0.1, 0.15) is 6.10 Å². The van der Waals surface area contributed by atoms with Crippen molar-refractivity contribution in [3.05, 3.63) is 42.2 Å². The van der Waals surface area contributed by atoms with E-state index in [9.17, 15) is 13.2 Å². The molecule has 0 saturated heterocycles. The minimum absolute atomic E-state index is 0.00933. The third-order valence-electron chi connectivity index (χ3n) is 4.99. The van der Waals surface area contributed by atoms with Gasteiger partial charge in [-0.15, -0.1) is 0 Å². The van der Waals surface area contributed by atoms with E-state index in [0.717, 1.165) is 30.0 Å². The van der Waals surface area contributed by atoms with Gasteiger partial charge in [-0.1, -0.05) is 0 Å². The predicted molar refractivity (Wildman–Crippen MR) is 110 cm³/mol. The fraction of sp³-hybridized carbons (Fsp3) is 0.450. The first-order valence-corrected chi connectivity index (χ1v) is 11.1. The van der Waals surface area contributed by atoms with E-state index < -0.39 is 10.0 Å². The van der Waals surface area contributed by atoms with Gasteiger partial charge in [0.15, 0.2) is 0 Å². The fourth-order valence-corrected chi connectivity index (χ4v) is 4.14. The van der Waals surface area contributed by atoms with E-state index in [1.165, 1.54) is 51.7 Å². The first-order valence-electron chi connectivity index (χ1n) is 9.65. The molecule has 0 unspecified atom stereocenters. The molecule has 1 aliphatic rings. The number of sulfonamides is 1. The van der Waals surface area contributed by atoms with Gasteiger partial charge in [0.2, 0.25) is 21.8 Å². The lowest BCUT2D eigenvalue weighted by molar-refractivity contribution is 0.0889. The van der Waals surface area contributed by atoms with Crippen LogP contribution in [0.1, 0.15) is 36.0 Å². The summed E-state index contributed by atoms with van der Waals surface area (Å²) >= 11 is 0. The quantitative estimate of drug-likeness (QED) is 0.708. The normalized spacial score (nSPS) is 19.3. The van der Waals surface area contributed by atoms with Gasteiger partial charge in [-0.25, -0.2) is 12.7 Å². The average Bonchev–Trinajstić information content (AvgIpc) is 2.75. The Morgan fingerprint density at radius 1 is 1.07 bits per heavy atom. The number of methoxy groups -OCH3 is 1. The predicted octanol–water partition coefficient (Wildman–Crippen LogP) is 1.86. The number of carbonyl (C=O) groups is 1. The van der Waals surface area contributed by atoms with Gasteiger partial charge in [0.05, 0.1) is 24.4 Å². The first-order chi connectivity index (χ1) is 14.3. The Kier molecular flexibility index (Phi) is 6.88. The molecule has 1 fully saturated rings. The summed E-state index contributed by atoms with van der Waals surface area (Å²) in [5.41, 5.74) is 0.428. The van der Waals surface area contributed by atoms with E-state index in [1.54, 1.807) is 6.20 Å². The van der Waals surface area contributed by atoms with Crippen LogP contribution >= 0.6 is 0 Å². The van der Waals surface area contributed by atoms with Crippen molar-refractivity contribution in [2.45, 2.75) is 42.7 Å². The molecule has 0 radical (unpaired) electrons. The molecule has 0 aliphatic heterocycles. The summed E-state index contributed by atoms with van der Waals surface area (Å²) in [7, 11) is 0.950. The van der Waals surface area contributed by atoms with Crippen LogP contribution in [-0.4, -0.2) is 61.9 Å². The Bertz CT molecular complexity index is 971. The Morgan fingerprint density at radius 3 is 2.30 bits per heavy atom. The first kappa shape index (κ1) is 22.0. The number of rotatable bonds is 7. The number of hydrogen-bond acceptors (Lipinski definition) is 7. The summed E-state index contributed by atoms with van der Waals surface area (Å²) in [5.74, 6) is 0.610. The molecule has 1 N–H and O–H groups in total. The lowest BCUT2D eigenvalue weighted by Gasteiger charge is -2.29. The van der Waals surface area contributed by atoms with Crippen molar-refractivity contribution in [2.24, 2.45) is 0 Å². The topological polar surface area (TPSA) is 111 Å². The van der Waals surface area contributed by atoms with Crippen molar-refractivity contribution < 1.29 is 22.7 Å². The van der Waals surface area contributed by atoms with E-state index in [0.29, 0.717) is 17.3 Å². The number of hydrogen-bond donors (Lipinski definition) is 1. The summed E-state index contributed by atoms with van der Waals surface area (Å²) < 4.78 is 36.3. The largest absolute Gasteiger partial charge is 0.480 e. The second-order valence-corrected chi connectivity index (χ2v) is 9.43. The molecular weight excluding hydrogens is 408 g/mol. The molecule has 0 atom stereocenters. The highest BCUT2D eigenvalue weighted by Gasteiger charge is 2.25. The molecule has 30 heavy (non-hydrogen) atoms. The highest BCUT2D eigenvalue weighted by Crippen LogP contribution is 2.24. The molecule has 3 rings (SSSR count). The molecule has 1 aromatic heterocycles. The third-order valence-corrected chi connectivity index (χ3v) is 6.82. The van der Waals surface area contributed by atoms with E-state index in [1.807, 2.05) is 0 Å². The van der Waals surface area contributed by atoms with Crippen molar-refractivity contribution in [3.8, 4) is 11.8 Å². The number of aromatic nitrogens is 2.